The van der Waals surface area contributed by atoms with Crippen LogP contribution in [0.3, 0.4) is 0 Å². The van der Waals surface area contributed by atoms with Gasteiger partial charge < -0.3 is 4.90 Å². The van der Waals surface area contributed by atoms with E-state index in [2.05, 4.69) is 22.1 Å². The van der Waals surface area contributed by atoms with Crippen LogP contribution in [0.15, 0.2) is 23.2 Å². The summed E-state index contributed by atoms with van der Waals surface area (Å²) in [5.41, 5.74) is 0.757. The number of rotatable bonds is 2. The molecule has 2 aromatic rings. The molecule has 2 bridgehead atoms. The number of hydrogen-bond donors (Lipinski definition) is 1. The third-order valence-corrected chi connectivity index (χ3v) is 8.06. The van der Waals surface area contributed by atoms with Crippen LogP contribution in [0.5, 0.6) is 0 Å². The largest absolute Gasteiger partial charge is 0.300 e. The van der Waals surface area contributed by atoms with Crippen LogP contribution < -0.4 is 0 Å². The fourth-order valence-corrected chi connectivity index (χ4v) is 6.44. The molecule has 1 aromatic heterocycles. The Bertz CT molecular complexity index is 818. The van der Waals surface area contributed by atoms with Crippen molar-refractivity contribution in [3.8, 4) is 0 Å². The van der Waals surface area contributed by atoms with Crippen molar-refractivity contribution in [2.75, 3.05) is 7.05 Å². The molecule has 5 nitrogen and oxygen atoms in total. The summed E-state index contributed by atoms with van der Waals surface area (Å²) >= 11 is 6.35. The molecular weight excluding hydrogens is 322 g/mol. The van der Waals surface area contributed by atoms with Crippen LogP contribution in [-0.4, -0.2) is 47.9 Å². The molecule has 1 aromatic carbocycles. The first kappa shape index (κ1) is 14.5. The number of fused-ring (bicyclic) bond motifs is 3. The van der Waals surface area contributed by atoms with Gasteiger partial charge in [0, 0.05) is 17.5 Å². The van der Waals surface area contributed by atoms with Crippen molar-refractivity contribution in [2.24, 2.45) is 0 Å². The molecule has 0 radical (unpaired) electrons. The molecule has 22 heavy (non-hydrogen) atoms. The Labute approximate surface area is 134 Å². The van der Waals surface area contributed by atoms with Crippen molar-refractivity contribution in [1.29, 1.82) is 0 Å². The highest BCUT2D eigenvalue weighted by Crippen LogP contribution is 2.40. The predicted octanol–water partition coefficient (Wildman–Crippen LogP) is 2.62. The second kappa shape index (κ2) is 4.94. The lowest BCUT2D eigenvalue weighted by Crippen LogP contribution is -2.44. The second-order valence-corrected chi connectivity index (χ2v) is 8.97. The Kier molecular flexibility index (Phi) is 3.25. The van der Waals surface area contributed by atoms with E-state index >= 15 is 0 Å². The minimum Gasteiger partial charge on any atom is -0.300 e. The van der Waals surface area contributed by atoms with Crippen molar-refractivity contribution >= 4 is 32.3 Å². The van der Waals surface area contributed by atoms with Crippen LogP contribution in [0.25, 0.3) is 10.9 Å². The molecule has 4 rings (SSSR count). The Morgan fingerprint density at radius 2 is 1.95 bits per heavy atom. The van der Waals surface area contributed by atoms with Gasteiger partial charge in [-0.25, -0.2) is 8.42 Å². The van der Waals surface area contributed by atoms with E-state index in [1.165, 1.54) is 0 Å². The van der Waals surface area contributed by atoms with E-state index in [0.717, 1.165) is 18.4 Å². The van der Waals surface area contributed by atoms with Crippen LogP contribution in [0.2, 0.25) is 5.02 Å². The molecule has 3 atom stereocenters. The van der Waals surface area contributed by atoms with Crippen LogP contribution in [-0.2, 0) is 9.84 Å². The summed E-state index contributed by atoms with van der Waals surface area (Å²) in [6.07, 6.45) is 5.18. The van der Waals surface area contributed by atoms with Gasteiger partial charge in [-0.15, -0.1) is 0 Å². The fourth-order valence-electron chi connectivity index (χ4n) is 3.98. The average Bonchev–Trinajstić information content (AvgIpc) is 3.01. The summed E-state index contributed by atoms with van der Waals surface area (Å²) in [5.74, 6) is 0. The topological polar surface area (TPSA) is 66.1 Å². The minimum atomic E-state index is -3.41. The fraction of sp³-hybridized carbons (Fsp3) is 0.533. The molecule has 3 heterocycles. The maximum absolute atomic E-state index is 13.1. The van der Waals surface area contributed by atoms with Gasteiger partial charge in [-0.3, -0.25) is 5.10 Å². The minimum absolute atomic E-state index is 0.247. The van der Waals surface area contributed by atoms with Crippen molar-refractivity contribution < 1.29 is 8.42 Å². The smallest absolute Gasteiger partial charge is 0.182 e. The number of H-pyrrole nitrogens is 1. The third-order valence-electron chi connectivity index (χ3n) is 5.32. The van der Waals surface area contributed by atoms with Gasteiger partial charge in [0.15, 0.2) is 9.84 Å². The number of nitrogens with zero attached hydrogens (tertiary/aromatic N) is 2. The number of piperidine rings is 1. The average molecular weight is 340 g/mol. The molecule has 1 N–H and O–H groups in total. The highest BCUT2D eigenvalue weighted by atomic mass is 35.5. The van der Waals surface area contributed by atoms with E-state index in [4.69, 9.17) is 11.6 Å². The third kappa shape index (κ3) is 2.01. The molecule has 0 saturated carbocycles. The summed E-state index contributed by atoms with van der Waals surface area (Å²) in [5, 5.41) is 7.37. The standard InChI is InChI=1S/C15H18ClN3O2S/c1-19-9-2-3-10(19)7-11(6-9)22(20,21)14-5-4-13-12(15(14)16)8-17-18-13/h4-5,8-11H,2-3,6-7H2,1H3,(H,17,18)/t9-,10+,11-. The second-order valence-electron chi connectivity index (χ2n) is 6.40. The molecule has 0 aliphatic carbocycles. The lowest BCUT2D eigenvalue weighted by Gasteiger charge is -2.36. The zero-order chi connectivity index (χ0) is 15.5. The van der Waals surface area contributed by atoms with Crippen LogP contribution in [0.4, 0.5) is 0 Å². The molecule has 118 valence electrons. The van der Waals surface area contributed by atoms with Gasteiger partial charge >= 0.3 is 0 Å². The first-order valence-corrected chi connectivity index (χ1v) is 9.48. The Morgan fingerprint density at radius 1 is 1.27 bits per heavy atom. The molecule has 2 aliphatic rings. The number of halogens is 1. The molecule has 7 heteroatoms. The summed E-state index contributed by atoms with van der Waals surface area (Å²) in [4.78, 5) is 2.59. The number of hydrogen-bond acceptors (Lipinski definition) is 4. The molecule has 0 spiro atoms. The predicted molar refractivity (Wildman–Crippen MR) is 85.9 cm³/mol. The van der Waals surface area contributed by atoms with Gasteiger partial charge in [-0.05, 0) is 44.9 Å². The van der Waals surface area contributed by atoms with E-state index in [0.29, 0.717) is 30.3 Å². The maximum Gasteiger partial charge on any atom is 0.182 e. The van der Waals surface area contributed by atoms with Crippen LogP contribution in [0, 0.1) is 0 Å². The lowest BCUT2D eigenvalue weighted by molar-refractivity contribution is 0.180. The van der Waals surface area contributed by atoms with Crippen molar-refractivity contribution in [3.63, 3.8) is 0 Å². The highest BCUT2D eigenvalue weighted by Gasteiger charge is 2.44. The summed E-state index contributed by atoms with van der Waals surface area (Å²) < 4.78 is 26.1. The summed E-state index contributed by atoms with van der Waals surface area (Å²) in [6, 6.07) is 4.12. The summed E-state index contributed by atoms with van der Waals surface area (Å²) in [6.45, 7) is 0. The molecule has 2 aliphatic heterocycles. The van der Waals surface area contributed by atoms with Gasteiger partial charge in [-0.2, -0.15) is 5.10 Å². The number of aromatic amines is 1. The molecule has 2 fully saturated rings. The van der Waals surface area contributed by atoms with Gasteiger partial charge in [0.2, 0.25) is 0 Å². The maximum atomic E-state index is 13.1. The normalized spacial score (nSPS) is 29.3. The van der Waals surface area contributed by atoms with E-state index in [1.54, 1.807) is 18.3 Å². The molecule has 2 saturated heterocycles. The van der Waals surface area contributed by atoms with Crippen molar-refractivity contribution in [3.05, 3.63) is 23.4 Å². The highest BCUT2D eigenvalue weighted by molar-refractivity contribution is 7.92. The monoisotopic (exact) mass is 339 g/mol. The molecule has 0 amide bonds. The van der Waals surface area contributed by atoms with Gasteiger partial charge in [0.25, 0.3) is 0 Å². The SMILES string of the molecule is CN1[C@@H]2CC[C@H]1C[C@H](S(=O)(=O)c1ccc3[nH]ncc3c1Cl)C2. The Morgan fingerprint density at radius 3 is 2.64 bits per heavy atom. The summed E-state index contributed by atoms with van der Waals surface area (Å²) in [7, 11) is -1.30. The first-order valence-electron chi connectivity index (χ1n) is 7.56. The Balaban J connectivity index is 1.75. The quantitative estimate of drug-likeness (QED) is 0.913. The lowest BCUT2D eigenvalue weighted by atomic mass is 10.0. The van der Waals surface area contributed by atoms with E-state index in [1.807, 2.05) is 0 Å². The number of benzene rings is 1. The number of aromatic nitrogens is 2. The zero-order valence-corrected chi connectivity index (χ0v) is 13.9. The molecule has 0 unspecified atom stereocenters. The number of sulfone groups is 1. The first-order chi connectivity index (χ1) is 10.5. The zero-order valence-electron chi connectivity index (χ0n) is 12.3. The van der Waals surface area contributed by atoms with E-state index in [9.17, 15) is 8.42 Å². The van der Waals surface area contributed by atoms with Crippen LogP contribution in [0.1, 0.15) is 25.7 Å². The van der Waals surface area contributed by atoms with Gasteiger partial charge in [0.05, 0.1) is 26.9 Å². The molecular formula is C15H18ClN3O2S. The Hall–Kier alpha value is -1.11. The van der Waals surface area contributed by atoms with E-state index < -0.39 is 9.84 Å². The van der Waals surface area contributed by atoms with Crippen LogP contribution >= 0.6 is 11.6 Å². The van der Waals surface area contributed by atoms with Crippen molar-refractivity contribution in [2.45, 2.75) is 47.9 Å². The van der Waals surface area contributed by atoms with E-state index in [-0.39, 0.29) is 15.2 Å². The number of nitrogens with one attached hydrogen (secondary N) is 1. The van der Waals surface area contributed by atoms with Crippen molar-refractivity contribution in [1.82, 2.24) is 15.1 Å². The van der Waals surface area contributed by atoms with Gasteiger partial charge in [0.1, 0.15) is 0 Å². The van der Waals surface area contributed by atoms with Gasteiger partial charge in [-0.1, -0.05) is 11.6 Å².